The second kappa shape index (κ2) is 5.12. The molecule has 0 aliphatic carbocycles. The lowest BCUT2D eigenvalue weighted by Gasteiger charge is -2.19. The van der Waals surface area contributed by atoms with Gasteiger partial charge in [-0.3, -0.25) is 0 Å². The molecule has 0 amide bonds. The lowest BCUT2D eigenvalue weighted by atomic mass is 10.0. The Bertz CT molecular complexity index is 172. The van der Waals surface area contributed by atoms with Crippen LogP contribution in [0.15, 0.2) is 0 Å². The highest BCUT2D eigenvalue weighted by Gasteiger charge is 2.38. The molecule has 2 rings (SSSR count). The number of fused-ring (bicyclic) bond motifs is 1. The third kappa shape index (κ3) is 2.42. The van der Waals surface area contributed by atoms with E-state index in [1.807, 2.05) is 0 Å². The molecule has 0 aromatic rings. The lowest BCUT2D eigenvalue weighted by Crippen LogP contribution is -2.29. The van der Waals surface area contributed by atoms with E-state index in [-0.39, 0.29) is 0 Å². The number of nitrogens with zero attached hydrogens (tertiary/aromatic N) is 2. The number of halogens is 1. The molecule has 0 spiro atoms. The Kier molecular flexibility index (Phi) is 4.08. The predicted octanol–water partition coefficient (Wildman–Crippen LogP) is 1.69. The molecule has 2 atom stereocenters. The largest absolute Gasteiger partial charge is 0.303 e. The Morgan fingerprint density at radius 2 is 1.64 bits per heavy atom. The van der Waals surface area contributed by atoms with Gasteiger partial charge in [-0.05, 0) is 31.3 Å². The summed E-state index contributed by atoms with van der Waals surface area (Å²) in [5.74, 6) is 1.98. The van der Waals surface area contributed by atoms with Gasteiger partial charge in [0.15, 0.2) is 0 Å². The van der Waals surface area contributed by atoms with E-state index >= 15 is 0 Å². The monoisotopic (exact) mass is 308 g/mol. The van der Waals surface area contributed by atoms with Crippen molar-refractivity contribution in [1.29, 1.82) is 0 Å². The van der Waals surface area contributed by atoms with E-state index in [1.54, 1.807) is 0 Å². The number of rotatable bonds is 4. The summed E-state index contributed by atoms with van der Waals surface area (Å²) in [6, 6.07) is 0. The summed E-state index contributed by atoms with van der Waals surface area (Å²) in [7, 11) is 0. The Morgan fingerprint density at radius 3 is 2.14 bits per heavy atom. The number of alkyl halides is 1. The molecule has 2 unspecified atom stereocenters. The third-order valence-electron chi connectivity index (χ3n) is 3.69. The van der Waals surface area contributed by atoms with Crippen LogP contribution in [0, 0.1) is 11.8 Å². The van der Waals surface area contributed by atoms with Crippen molar-refractivity contribution in [3.8, 4) is 0 Å². The normalized spacial score (nSPS) is 33.9. The zero-order valence-corrected chi connectivity index (χ0v) is 11.2. The fourth-order valence-corrected chi connectivity index (χ4v) is 3.25. The van der Waals surface area contributed by atoms with Gasteiger partial charge in [0, 0.05) is 30.6 Å². The second-order valence-corrected chi connectivity index (χ2v) is 5.75. The Balaban J connectivity index is 1.76. The fraction of sp³-hybridized carbons (Fsp3) is 1.00. The number of hydrogen-bond acceptors (Lipinski definition) is 2. The van der Waals surface area contributed by atoms with Crippen LogP contribution < -0.4 is 0 Å². The van der Waals surface area contributed by atoms with Crippen molar-refractivity contribution in [2.45, 2.75) is 13.3 Å². The molecule has 0 saturated carbocycles. The van der Waals surface area contributed by atoms with Crippen molar-refractivity contribution in [3.05, 3.63) is 0 Å². The first-order valence-corrected chi connectivity index (χ1v) is 7.36. The molecule has 2 fully saturated rings. The van der Waals surface area contributed by atoms with Crippen molar-refractivity contribution in [1.82, 2.24) is 9.80 Å². The van der Waals surface area contributed by atoms with Crippen LogP contribution in [0.4, 0.5) is 0 Å². The first-order valence-electron chi connectivity index (χ1n) is 5.84. The molecular formula is C11H21IN2. The van der Waals surface area contributed by atoms with Crippen molar-refractivity contribution >= 4 is 22.6 Å². The first-order chi connectivity index (χ1) is 6.83. The number of likely N-dealkylation sites (tertiary alicyclic amines) is 2. The van der Waals surface area contributed by atoms with Gasteiger partial charge in [0.25, 0.3) is 0 Å². The summed E-state index contributed by atoms with van der Waals surface area (Å²) in [6.07, 6.45) is 1.37. The van der Waals surface area contributed by atoms with Gasteiger partial charge < -0.3 is 9.80 Å². The minimum atomic E-state index is 0.990. The van der Waals surface area contributed by atoms with E-state index in [0.29, 0.717) is 0 Å². The summed E-state index contributed by atoms with van der Waals surface area (Å²) in [4.78, 5) is 5.30. The van der Waals surface area contributed by atoms with Crippen LogP contribution in [0.1, 0.15) is 13.3 Å². The maximum atomic E-state index is 2.68. The Morgan fingerprint density at radius 1 is 1.07 bits per heavy atom. The molecule has 14 heavy (non-hydrogen) atoms. The summed E-state index contributed by atoms with van der Waals surface area (Å²) in [5.41, 5.74) is 0. The summed E-state index contributed by atoms with van der Waals surface area (Å²) in [5, 5.41) is 0. The van der Waals surface area contributed by atoms with E-state index in [2.05, 4.69) is 39.3 Å². The van der Waals surface area contributed by atoms with Gasteiger partial charge in [-0.25, -0.2) is 0 Å². The van der Waals surface area contributed by atoms with Gasteiger partial charge in [-0.1, -0.05) is 29.5 Å². The van der Waals surface area contributed by atoms with Crippen molar-refractivity contribution in [3.63, 3.8) is 0 Å². The molecule has 82 valence electrons. The van der Waals surface area contributed by atoms with Crippen LogP contribution in [0.25, 0.3) is 0 Å². The fourth-order valence-electron chi connectivity index (χ4n) is 2.91. The van der Waals surface area contributed by atoms with Gasteiger partial charge >= 0.3 is 0 Å². The predicted molar refractivity (Wildman–Crippen MR) is 69.0 cm³/mol. The van der Waals surface area contributed by atoms with E-state index in [4.69, 9.17) is 0 Å². The maximum absolute atomic E-state index is 2.68. The topological polar surface area (TPSA) is 6.48 Å². The highest BCUT2D eigenvalue weighted by Crippen LogP contribution is 2.30. The Hall–Kier alpha value is 0.650. The summed E-state index contributed by atoms with van der Waals surface area (Å²) >= 11 is 2.48. The zero-order valence-electron chi connectivity index (χ0n) is 9.08. The molecule has 0 radical (unpaired) electrons. The van der Waals surface area contributed by atoms with E-state index in [9.17, 15) is 0 Å². The molecule has 2 saturated heterocycles. The minimum absolute atomic E-state index is 0.990. The molecular weight excluding hydrogens is 287 g/mol. The molecule has 3 heteroatoms. The SMILES string of the molecule is CCN1CC2CN(CCCI)CC2C1. The van der Waals surface area contributed by atoms with Crippen molar-refractivity contribution in [2.75, 3.05) is 43.7 Å². The standard InChI is InChI=1S/C11H21IN2/c1-2-13-6-10-8-14(5-3-4-12)9-11(10)7-13/h10-11H,2-9H2,1H3. The van der Waals surface area contributed by atoms with Crippen LogP contribution in [0.5, 0.6) is 0 Å². The molecule has 0 N–H and O–H groups in total. The smallest absolute Gasteiger partial charge is 0.00256 e. The summed E-state index contributed by atoms with van der Waals surface area (Å²) in [6.45, 7) is 10.3. The quantitative estimate of drug-likeness (QED) is 0.576. The lowest BCUT2D eigenvalue weighted by molar-refractivity contribution is 0.263. The first kappa shape index (κ1) is 11.1. The highest BCUT2D eigenvalue weighted by atomic mass is 127. The van der Waals surface area contributed by atoms with E-state index in [0.717, 1.165) is 11.8 Å². The number of hydrogen-bond donors (Lipinski definition) is 0. The van der Waals surface area contributed by atoms with Gasteiger partial charge in [-0.15, -0.1) is 0 Å². The van der Waals surface area contributed by atoms with Gasteiger partial charge in [0.2, 0.25) is 0 Å². The second-order valence-electron chi connectivity index (χ2n) is 4.67. The van der Waals surface area contributed by atoms with E-state index < -0.39 is 0 Å². The molecule has 0 bridgehead atoms. The average Bonchev–Trinajstić information content (AvgIpc) is 2.71. The Labute approximate surface area is 101 Å². The molecule has 2 aliphatic rings. The molecule has 2 heterocycles. The molecule has 0 aromatic carbocycles. The zero-order chi connectivity index (χ0) is 9.97. The molecule has 2 aliphatic heterocycles. The van der Waals surface area contributed by atoms with Gasteiger partial charge in [0.1, 0.15) is 0 Å². The third-order valence-corrected chi connectivity index (χ3v) is 4.46. The van der Waals surface area contributed by atoms with Gasteiger partial charge in [0.05, 0.1) is 0 Å². The van der Waals surface area contributed by atoms with Crippen molar-refractivity contribution < 1.29 is 0 Å². The molecule has 0 aromatic heterocycles. The summed E-state index contributed by atoms with van der Waals surface area (Å²) < 4.78 is 1.31. The van der Waals surface area contributed by atoms with Crippen LogP contribution in [-0.2, 0) is 0 Å². The van der Waals surface area contributed by atoms with Gasteiger partial charge in [-0.2, -0.15) is 0 Å². The maximum Gasteiger partial charge on any atom is 0.00256 e. The molecule has 2 nitrogen and oxygen atoms in total. The van der Waals surface area contributed by atoms with E-state index in [1.165, 1.54) is 50.1 Å². The minimum Gasteiger partial charge on any atom is -0.303 e. The average molecular weight is 308 g/mol. The highest BCUT2D eigenvalue weighted by molar-refractivity contribution is 14.1. The van der Waals surface area contributed by atoms with Crippen LogP contribution in [-0.4, -0.2) is 53.5 Å². The van der Waals surface area contributed by atoms with Crippen LogP contribution in [0.2, 0.25) is 0 Å². The van der Waals surface area contributed by atoms with Crippen LogP contribution >= 0.6 is 22.6 Å². The van der Waals surface area contributed by atoms with Crippen molar-refractivity contribution in [2.24, 2.45) is 11.8 Å². The van der Waals surface area contributed by atoms with Crippen LogP contribution in [0.3, 0.4) is 0 Å².